The number of rotatable bonds is 5. The highest BCUT2D eigenvalue weighted by molar-refractivity contribution is 7.10. The lowest BCUT2D eigenvalue weighted by Gasteiger charge is -2.20. The summed E-state index contributed by atoms with van der Waals surface area (Å²) in [6, 6.07) is 9.78. The topological polar surface area (TPSA) is 55.1 Å². The number of hydrogen-bond acceptors (Lipinski definition) is 3. The van der Waals surface area contributed by atoms with Crippen LogP contribution in [0.1, 0.15) is 23.4 Å². The van der Waals surface area contributed by atoms with Gasteiger partial charge in [0.25, 0.3) is 0 Å². The summed E-state index contributed by atoms with van der Waals surface area (Å²) >= 11 is 1.55. The summed E-state index contributed by atoms with van der Waals surface area (Å²) in [5.74, 6) is -0.645. The van der Waals surface area contributed by atoms with Gasteiger partial charge in [0, 0.05) is 17.3 Å². The van der Waals surface area contributed by atoms with E-state index in [4.69, 9.17) is 5.73 Å². The van der Waals surface area contributed by atoms with Crippen LogP contribution >= 0.6 is 11.3 Å². The number of amides is 1. The molecule has 0 saturated heterocycles. The molecule has 1 aromatic carbocycles. The lowest BCUT2D eigenvalue weighted by molar-refractivity contribution is -0.124. The molecule has 3 N–H and O–H groups in total. The maximum Gasteiger partial charge on any atom is 0.224 e. The molecule has 20 heavy (non-hydrogen) atoms. The van der Waals surface area contributed by atoms with E-state index in [2.05, 4.69) is 5.32 Å². The summed E-state index contributed by atoms with van der Waals surface area (Å²) in [5, 5.41) is 4.92. The Bertz CT molecular complexity index is 554. The molecule has 0 spiro atoms. The van der Waals surface area contributed by atoms with E-state index in [9.17, 15) is 9.18 Å². The molecule has 0 aliphatic rings. The Balaban J connectivity index is 2.26. The van der Waals surface area contributed by atoms with Crippen LogP contribution in [0.15, 0.2) is 41.8 Å². The van der Waals surface area contributed by atoms with Crippen LogP contribution < -0.4 is 11.1 Å². The molecule has 2 rings (SSSR count). The molecule has 0 fully saturated rings. The average Bonchev–Trinajstić information content (AvgIpc) is 2.98. The quantitative estimate of drug-likeness (QED) is 0.890. The van der Waals surface area contributed by atoms with Gasteiger partial charge in [-0.2, -0.15) is 0 Å². The Labute approximate surface area is 121 Å². The van der Waals surface area contributed by atoms with Crippen molar-refractivity contribution in [3.8, 4) is 0 Å². The van der Waals surface area contributed by atoms with Gasteiger partial charge in [-0.3, -0.25) is 4.79 Å². The number of carbonyl (C=O) groups is 1. The van der Waals surface area contributed by atoms with Gasteiger partial charge in [-0.25, -0.2) is 4.39 Å². The van der Waals surface area contributed by atoms with Gasteiger partial charge in [0.05, 0.1) is 6.04 Å². The van der Waals surface area contributed by atoms with Crippen LogP contribution in [0.3, 0.4) is 0 Å². The minimum atomic E-state index is -0.291. The number of benzene rings is 1. The van der Waals surface area contributed by atoms with Gasteiger partial charge in [0.1, 0.15) is 5.82 Å². The lowest BCUT2D eigenvalue weighted by Crippen LogP contribution is -2.36. The molecule has 0 saturated carbocycles. The van der Waals surface area contributed by atoms with Crippen molar-refractivity contribution in [2.75, 3.05) is 6.54 Å². The maximum absolute atomic E-state index is 13.0. The average molecular weight is 292 g/mol. The summed E-state index contributed by atoms with van der Waals surface area (Å²) in [6.45, 7) is 2.08. The van der Waals surface area contributed by atoms with E-state index < -0.39 is 0 Å². The SMILES string of the molecule is CC(CN)C(=O)NC(c1ccc(F)cc1)c1cccs1. The van der Waals surface area contributed by atoms with Gasteiger partial charge in [0.2, 0.25) is 5.91 Å². The van der Waals surface area contributed by atoms with E-state index in [0.717, 1.165) is 10.4 Å². The van der Waals surface area contributed by atoms with Crippen LogP contribution in [0.2, 0.25) is 0 Å². The van der Waals surface area contributed by atoms with Crippen molar-refractivity contribution in [3.63, 3.8) is 0 Å². The highest BCUT2D eigenvalue weighted by Crippen LogP contribution is 2.26. The van der Waals surface area contributed by atoms with Gasteiger partial charge < -0.3 is 11.1 Å². The summed E-state index contributed by atoms with van der Waals surface area (Å²) in [5.41, 5.74) is 6.37. The van der Waals surface area contributed by atoms with Gasteiger partial charge in [-0.05, 0) is 29.1 Å². The normalized spacial score (nSPS) is 13.8. The molecule has 3 nitrogen and oxygen atoms in total. The third-order valence-electron chi connectivity index (χ3n) is 3.12. The van der Waals surface area contributed by atoms with Crippen LogP contribution in [-0.2, 0) is 4.79 Å². The van der Waals surface area contributed by atoms with E-state index in [1.807, 2.05) is 17.5 Å². The first-order valence-electron chi connectivity index (χ1n) is 6.41. The molecular formula is C15H17FN2OS. The molecule has 2 aromatic rings. The fourth-order valence-electron chi connectivity index (χ4n) is 1.82. The van der Waals surface area contributed by atoms with Crippen molar-refractivity contribution in [1.82, 2.24) is 5.32 Å². The Morgan fingerprint density at radius 1 is 1.35 bits per heavy atom. The van der Waals surface area contributed by atoms with Crippen LogP contribution in [0.5, 0.6) is 0 Å². The van der Waals surface area contributed by atoms with Crippen molar-refractivity contribution < 1.29 is 9.18 Å². The second kappa shape index (κ2) is 6.63. The molecule has 0 bridgehead atoms. The first-order chi connectivity index (χ1) is 9.61. The molecule has 1 amide bonds. The zero-order valence-corrected chi connectivity index (χ0v) is 12.0. The van der Waals surface area contributed by atoms with E-state index in [1.54, 1.807) is 30.4 Å². The minimum Gasteiger partial charge on any atom is -0.344 e. The van der Waals surface area contributed by atoms with Crippen LogP contribution in [0.4, 0.5) is 4.39 Å². The number of thiophene rings is 1. The van der Waals surface area contributed by atoms with Crippen molar-refractivity contribution >= 4 is 17.2 Å². The van der Waals surface area contributed by atoms with E-state index in [-0.39, 0.29) is 23.7 Å². The van der Waals surface area contributed by atoms with Crippen LogP contribution in [-0.4, -0.2) is 12.5 Å². The van der Waals surface area contributed by atoms with E-state index in [0.29, 0.717) is 6.54 Å². The van der Waals surface area contributed by atoms with Crippen LogP contribution in [0.25, 0.3) is 0 Å². The molecule has 0 aliphatic heterocycles. The number of hydrogen-bond donors (Lipinski definition) is 2. The highest BCUT2D eigenvalue weighted by Gasteiger charge is 2.20. The third-order valence-corrected chi connectivity index (χ3v) is 4.06. The molecule has 0 aliphatic carbocycles. The van der Waals surface area contributed by atoms with Crippen molar-refractivity contribution in [3.05, 3.63) is 58.0 Å². The largest absolute Gasteiger partial charge is 0.344 e. The summed E-state index contributed by atoms with van der Waals surface area (Å²) < 4.78 is 13.0. The number of nitrogens with one attached hydrogen (secondary N) is 1. The molecule has 106 valence electrons. The predicted molar refractivity (Wildman–Crippen MR) is 78.9 cm³/mol. The third kappa shape index (κ3) is 3.43. The zero-order valence-electron chi connectivity index (χ0n) is 11.2. The molecule has 2 unspecified atom stereocenters. The molecule has 1 aromatic heterocycles. The molecular weight excluding hydrogens is 275 g/mol. The number of halogens is 1. The second-order valence-corrected chi connectivity index (χ2v) is 5.62. The Morgan fingerprint density at radius 3 is 2.60 bits per heavy atom. The Morgan fingerprint density at radius 2 is 2.05 bits per heavy atom. The first-order valence-corrected chi connectivity index (χ1v) is 7.29. The van der Waals surface area contributed by atoms with Gasteiger partial charge in [-0.1, -0.05) is 25.1 Å². The molecule has 2 atom stereocenters. The zero-order chi connectivity index (χ0) is 14.5. The standard InChI is InChI=1S/C15H17FN2OS/c1-10(9-17)15(19)18-14(13-3-2-8-20-13)11-4-6-12(16)7-5-11/h2-8,10,14H,9,17H2,1H3,(H,18,19). The smallest absolute Gasteiger partial charge is 0.224 e. The molecule has 1 heterocycles. The monoisotopic (exact) mass is 292 g/mol. The summed E-state index contributed by atoms with van der Waals surface area (Å²) in [4.78, 5) is 13.1. The van der Waals surface area contributed by atoms with Crippen molar-refractivity contribution in [2.45, 2.75) is 13.0 Å². The fourth-order valence-corrected chi connectivity index (χ4v) is 2.62. The Hall–Kier alpha value is -1.72. The highest BCUT2D eigenvalue weighted by atomic mass is 32.1. The van der Waals surface area contributed by atoms with Gasteiger partial charge in [0.15, 0.2) is 0 Å². The summed E-state index contributed by atoms with van der Waals surface area (Å²) in [7, 11) is 0. The van der Waals surface area contributed by atoms with Crippen LogP contribution in [0, 0.1) is 11.7 Å². The minimum absolute atomic E-state index is 0.102. The van der Waals surface area contributed by atoms with Gasteiger partial charge >= 0.3 is 0 Å². The predicted octanol–water partition coefficient (Wildman–Crippen LogP) is 2.69. The number of nitrogens with two attached hydrogens (primary N) is 1. The van der Waals surface area contributed by atoms with Crippen molar-refractivity contribution in [2.24, 2.45) is 11.7 Å². The Kier molecular flexibility index (Phi) is 4.87. The maximum atomic E-state index is 13.0. The molecule has 0 radical (unpaired) electrons. The van der Waals surface area contributed by atoms with E-state index >= 15 is 0 Å². The fraction of sp³-hybridized carbons (Fsp3) is 0.267. The molecule has 5 heteroatoms. The second-order valence-electron chi connectivity index (χ2n) is 4.65. The van der Waals surface area contributed by atoms with Crippen molar-refractivity contribution in [1.29, 1.82) is 0 Å². The van der Waals surface area contributed by atoms with E-state index in [1.165, 1.54) is 12.1 Å². The lowest BCUT2D eigenvalue weighted by atomic mass is 10.0. The first kappa shape index (κ1) is 14.7. The number of carbonyl (C=O) groups excluding carboxylic acids is 1. The van der Waals surface area contributed by atoms with Gasteiger partial charge in [-0.15, -0.1) is 11.3 Å². The summed E-state index contributed by atoms with van der Waals surface area (Å²) in [6.07, 6.45) is 0.